The topological polar surface area (TPSA) is 57.7 Å². The van der Waals surface area contributed by atoms with Crippen LogP contribution in [0.4, 0.5) is 5.69 Å². The zero-order valence-electron chi connectivity index (χ0n) is 18.0. The molecule has 3 aromatic rings. The maximum atomic E-state index is 13.4. The maximum absolute atomic E-state index is 13.4. The van der Waals surface area contributed by atoms with Gasteiger partial charge in [-0.3, -0.25) is 4.79 Å². The molecule has 32 heavy (non-hydrogen) atoms. The number of carbonyl (C=O) groups is 1. The van der Waals surface area contributed by atoms with Crippen molar-refractivity contribution in [2.45, 2.75) is 25.3 Å². The molecule has 3 rings (SSSR count). The van der Waals surface area contributed by atoms with E-state index in [4.69, 9.17) is 23.2 Å². The third-order valence-electron chi connectivity index (χ3n) is 5.31. The summed E-state index contributed by atoms with van der Waals surface area (Å²) in [4.78, 5) is 14.7. The molecule has 0 aliphatic heterocycles. The Morgan fingerprint density at radius 2 is 1.59 bits per heavy atom. The molecule has 8 heteroatoms. The Morgan fingerprint density at radius 3 is 2.22 bits per heavy atom. The van der Waals surface area contributed by atoms with Crippen LogP contribution in [0.15, 0.2) is 71.6 Å². The second-order valence-electron chi connectivity index (χ2n) is 7.54. The maximum Gasteiger partial charge on any atom is 0.243 e. The molecular formula is C24H24Cl2N2O3S. The first kappa shape index (κ1) is 24.3. The van der Waals surface area contributed by atoms with Crippen LogP contribution < -0.4 is 4.90 Å². The van der Waals surface area contributed by atoms with Gasteiger partial charge in [0.2, 0.25) is 15.9 Å². The predicted octanol–water partition coefficient (Wildman–Crippen LogP) is 5.46. The Hall–Kier alpha value is -2.38. The highest BCUT2D eigenvalue weighted by Gasteiger charge is 2.29. The van der Waals surface area contributed by atoms with Gasteiger partial charge < -0.3 is 4.90 Å². The molecule has 3 aromatic carbocycles. The van der Waals surface area contributed by atoms with Crippen LogP contribution in [0.1, 0.15) is 16.7 Å². The Balaban J connectivity index is 1.94. The van der Waals surface area contributed by atoms with E-state index in [1.165, 1.54) is 17.0 Å². The second-order valence-corrected chi connectivity index (χ2v) is 10.3. The largest absolute Gasteiger partial charge is 0.314 e. The zero-order chi connectivity index (χ0) is 23.5. The number of sulfonamides is 1. The fraction of sp³-hybridized carbons (Fsp3) is 0.208. The van der Waals surface area contributed by atoms with Crippen molar-refractivity contribution in [2.24, 2.45) is 0 Å². The summed E-state index contributed by atoms with van der Waals surface area (Å²) >= 11 is 12.3. The van der Waals surface area contributed by atoms with Crippen LogP contribution in [-0.4, -0.2) is 32.2 Å². The average Bonchev–Trinajstić information content (AvgIpc) is 2.76. The number of halogens is 2. The number of benzene rings is 3. The fourth-order valence-corrected chi connectivity index (χ4v) is 5.00. The molecule has 0 bridgehead atoms. The third kappa shape index (κ3) is 5.51. The molecular weight excluding hydrogens is 467 g/mol. The lowest BCUT2D eigenvalue weighted by atomic mass is 10.1. The molecule has 0 saturated carbocycles. The molecule has 0 saturated heterocycles. The van der Waals surface area contributed by atoms with Crippen molar-refractivity contribution in [1.29, 1.82) is 0 Å². The summed E-state index contributed by atoms with van der Waals surface area (Å²) in [6, 6.07) is 18.5. The number of aryl methyl sites for hydroxylation is 2. The minimum absolute atomic E-state index is 0.0697. The summed E-state index contributed by atoms with van der Waals surface area (Å²) in [5, 5.41) is 0.780. The molecule has 0 heterocycles. The summed E-state index contributed by atoms with van der Waals surface area (Å²) in [6.45, 7) is 3.54. The summed E-state index contributed by atoms with van der Waals surface area (Å²) in [6.07, 6.45) is 0. The van der Waals surface area contributed by atoms with Gasteiger partial charge >= 0.3 is 0 Å². The molecule has 5 nitrogen and oxygen atoms in total. The van der Waals surface area contributed by atoms with Crippen molar-refractivity contribution in [3.8, 4) is 0 Å². The number of hydrogen-bond donors (Lipinski definition) is 0. The summed E-state index contributed by atoms with van der Waals surface area (Å²) in [5.41, 5.74) is 3.40. The molecule has 0 spiro atoms. The van der Waals surface area contributed by atoms with Gasteiger partial charge in [0.05, 0.1) is 11.4 Å². The molecule has 0 fully saturated rings. The zero-order valence-corrected chi connectivity index (χ0v) is 20.4. The second kappa shape index (κ2) is 10.0. The lowest BCUT2D eigenvalue weighted by molar-refractivity contribution is -0.118. The van der Waals surface area contributed by atoms with Gasteiger partial charge in [0.15, 0.2) is 0 Å². The van der Waals surface area contributed by atoms with Crippen LogP contribution >= 0.6 is 23.2 Å². The molecule has 0 aromatic heterocycles. The van der Waals surface area contributed by atoms with Crippen LogP contribution in [0.2, 0.25) is 10.0 Å². The van der Waals surface area contributed by atoms with Crippen LogP contribution in [0.25, 0.3) is 0 Å². The van der Waals surface area contributed by atoms with Gasteiger partial charge in [-0.05, 0) is 66.9 Å². The van der Waals surface area contributed by atoms with E-state index < -0.39 is 10.0 Å². The van der Waals surface area contributed by atoms with Crippen molar-refractivity contribution in [1.82, 2.24) is 4.31 Å². The number of nitrogens with zero attached hydrogens (tertiary/aromatic N) is 2. The highest BCUT2D eigenvalue weighted by molar-refractivity contribution is 7.89. The first-order valence-electron chi connectivity index (χ1n) is 9.92. The van der Waals surface area contributed by atoms with E-state index in [2.05, 4.69) is 0 Å². The monoisotopic (exact) mass is 490 g/mol. The number of anilines is 1. The Bertz CT molecular complexity index is 1230. The molecule has 168 valence electrons. The fourth-order valence-electron chi connectivity index (χ4n) is 3.14. The van der Waals surface area contributed by atoms with Gasteiger partial charge in [0.1, 0.15) is 0 Å². The highest BCUT2D eigenvalue weighted by Crippen LogP contribution is 2.26. The van der Waals surface area contributed by atoms with Crippen molar-refractivity contribution in [2.75, 3.05) is 18.5 Å². The van der Waals surface area contributed by atoms with Gasteiger partial charge in [-0.15, -0.1) is 0 Å². The normalized spacial score (nSPS) is 11.6. The summed E-state index contributed by atoms with van der Waals surface area (Å²) in [7, 11) is -2.32. The van der Waals surface area contributed by atoms with Crippen LogP contribution in [-0.2, 0) is 21.4 Å². The van der Waals surface area contributed by atoms with Gasteiger partial charge in [-0.25, -0.2) is 8.42 Å². The first-order chi connectivity index (χ1) is 15.1. The number of likely N-dealkylation sites (N-methyl/N-ethyl adjacent to an activating group) is 1. The van der Waals surface area contributed by atoms with Crippen LogP contribution in [0.3, 0.4) is 0 Å². The lowest BCUT2D eigenvalue weighted by Gasteiger charge is -2.26. The van der Waals surface area contributed by atoms with Crippen molar-refractivity contribution >= 4 is 44.8 Å². The van der Waals surface area contributed by atoms with Gasteiger partial charge in [-0.2, -0.15) is 4.31 Å². The van der Waals surface area contributed by atoms with Crippen LogP contribution in [0, 0.1) is 13.8 Å². The number of amides is 1. The van der Waals surface area contributed by atoms with E-state index in [1.807, 2.05) is 32.0 Å². The summed E-state index contributed by atoms with van der Waals surface area (Å²) < 4.78 is 27.9. The number of carbonyl (C=O) groups excluding carboxylic acids is 1. The van der Waals surface area contributed by atoms with Crippen molar-refractivity contribution in [3.63, 3.8) is 0 Å². The molecule has 0 aliphatic carbocycles. The van der Waals surface area contributed by atoms with Crippen molar-refractivity contribution in [3.05, 3.63) is 93.5 Å². The standard InChI is InChI=1S/C24H24Cl2N2O3S/c1-17-9-12-21(13-18(17)2)27(3)24(29)16-28(15-19-10-11-20(25)14-23(19)26)32(30,31)22-7-5-4-6-8-22/h4-14H,15-16H2,1-3H3. The molecule has 0 aliphatic rings. The smallest absolute Gasteiger partial charge is 0.243 e. The van der Waals surface area contributed by atoms with E-state index in [-0.39, 0.29) is 23.9 Å². The lowest BCUT2D eigenvalue weighted by Crippen LogP contribution is -2.41. The molecule has 0 unspecified atom stereocenters. The van der Waals surface area contributed by atoms with Gasteiger partial charge in [0.25, 0.3) is 0 Å². The van der Waals surface area contributed by atoms with E-state index in [0.717, 1.165) is 15.4 Å². The number of hydrogen-bond acceptors (Lipinski definition) is 3. The quantitative estimate of drug-likeness (QED) is 0.441. The first-order valence-corrected chi connectivity index (χ1v) is 12.1. The third-order valence-corrected chi connectivity index (χ3v) is 7.70. The predicted molar refractivity (Wildman–Crippen MR) is 130 cm³/mol. The Labute approximate surface area is 199 Å². The average molecular weight is 491 g/mol. The minimum Gasteiger partial charge on any atom is -0.314 e. The van der Waals surface area contributed by atoms with Gasteiger partial charge in [0, 0.05) is 29.3 Å². The SMILES string of the molecule is Cc1ccc(N(C)C(=O)CN(Cc2ccc(Cl)cc2Cl)S(=O)(=O)c2ccccc2)cc1C. The highest BCUT2D eigenvalue weighted by atomic mass is 35.5. The minimum atomic E-state index is -3.96. The van der Waals surface area contributed by atoms with E-state index in [0.29, 0.717) is 21.3 Å². The van der Waals surface area contributed by atoms with Crippen molar-refractivity contribution < 1.29 is 13.2 Å². The van der Waals surface area contributed by atoms with Crippen LogP contribution in [0.5, 0.6) is 0 Å². The molecule has 0 N–H and O–H groups in total. The van der Waals surface area contributed by atoms with Gasteiger partial charge in [-0.1, -0.05) is 53.5 Å². The molecule has 0 atom stereocenters. The van der Waals surface area contributed by atoms with E-state index in [1.54, 1.807) is 43.4 Å². The van der Waals surface area contributed by atoms with E-state index >= 15 is 0 Å². The Morgan fingerprint density at radius 1 is 0.906 bits per heavy atom. The number of rotatable bonds is 7. The summed E-state index contributed by atoms with van der Waals surface area (Å²) in [5.74, 6) is -0.363. The Kier molecular flexibility index (Phi) is 7.62. The molecule has 1 amide bonds. The molecule has 0 radical (unpaired) electrons. The van der Waals surface area contributed by atoms with E-state index in [9.17, 15) is 13.2 Å².